The van der Waals surface area contributed by atoms with Crippen LogP contribution in [0.4, 0.5) is 0 Å². The van der Waals surface area contributed by atoms with Crippen molar-refractivity contribution >= 4 is 18.1 Å². The second kappa shape index (κ2) is 5.52. The van der Waals surface area contributed by atoms with Crippen LogP contribution in [0.1, 0.15) is 30.0 Å². The van der Waals surface area contributed by atoms with Crippen LogP contribution in [0.2, 0.25) is 0 Å². The third-order valence-electron chi connectivity index (χ3n) is 3.89. The van der Waals surface area contributed by atoms with Crippen molar-refractivity contribution < 1.29 is 14.3 Å². The number of benzene rings is 1. The van der Waals surface area contributed by atoms with Crippen LogP contribution >= 0.6 is 0 Å². The summed E-state index contributed by atoms with van der Waals surface area (Å²) in [5, 5.41) is 5.55. The lowest BCUT2D eigenvalue weighted by Crippen LogP contribution is -2.41. The molecular formula is C16H16N2O3. The number of esters is 1. The third kappa shape index (κ3) is 2.35. The number of rotatable bonds is 2. The van der Waals surface area contributed by atoms with Crippen LogP contribution in [0.5, 0.6) is 0 Å². The molecule has 21 heavy (non-hydrogen) atoms. The van der Waals surface area contributed by atoms with E-state index >= 15 is 0 Å². The molecule has 0 radical (unpaired) electrons. The van der Waals surface area contributed by atoms with Crippen LogP contribution < -0.4 is 0 Å². The van der Waals surface area contributed by atoms with Gasteiger partial charge >= 0.3 is 5.97 Å². The molecule has 0 bridgehead atoms. The van der Waals surface area contributed by atoms with Gasteiger partial charge in [0.05, 0.1) is 24.8 Å². The van der Waals surface area contributed by atoms with Crippen molar-refractivity contribution in [1.82, 2.24) is 5.01 Å². The molecule has 0 aromatic heterocycles. The van der Waals surface area contributed by atoms with Gasteiger partial charge in [0.15, 0.2) is 0 Å². The Labute approximate surface area is 122 Å². The third-order valence-corrected chi connectivity index (χ3v) is 3.89. The monoisotopic (exact) mass is 284 g/mol. The predicted molar refractivity (Wildman–Crippen MR) is 77.5 cm³/mol. The van der Waals surface area contributed by atoms with Crippen LogP contribution in [0.15, 0.2) is 42.0 Å². The van der Waals surface area contributed by atoms with Gasteiger partial charge in [0.1, 0.15) is 0 Å². The summed E-state index contributed by atoms with van der Waals surface area (Å²) in [6.07, 6.45) is 4.34. The van der Waals surface area contributed by atoms with Crippen LogP contribution in [0.25, 0.3) is 0 Å². The maximum atomic E-state index is 12.1. The second-order valence-corrected chi connectivity index (χ2v) is 5.12. The highest BCUT2D eigenvalue weighted by atomic mass is 16.5. The quantitative estimate of drug-likeness (QED) is 0.617. The Morgan fingerprint density at radius 1 is 1.43 bits per heavy atom. The van der Waals surface area contributed by atoms with Crippen LogP contribution in [0.3, 0.4) is 0 Å². The zero-order valence-electron chi connectivity index (χ0n) is 11.6. The Morgan fingerprint density at radius 3 is 3.00 bits per heavy atom. The zero-order chi connectivity index (χ0) is 14.8. The molecule has 2 atom stereocenters. The van der Waals surface area contributed by atoms with Crippen LogP contribution in [-0.4, -0.2) is 29.7 Å². The van der Waals surface area contributed by atoms with Gasteiger partial charge in [-0.1, -0.05) is 30.8 Å². The second-order valence-electron chi connectivity index (χ2n) is 5.12. The summed E-state index contributed by atoms with van der Waals surface area (Å²) >= 11 is 0. The number of carbonyl (C=O) groups is 2. The minimum atomic E-state index is -0.426. The van der Waals surface area contributed by atoms with E-state index in [9.17, 15) is 9.59 Å². The summed E-state index contributed by atoms with van der Waals surface area (Å²) in [7, 11) is 0. The Balaban J connectivity index is 2.06. The first-order chi connectivity index (χ1) is 10.2. The van der Waals surface area contributed by atoms with E-state index in [4.69, 9.17) is 4.74 Å². The average Bonchev–Trinajstić information content (AvgIpc) is 2.54. The molecule has 2 aliphatic heterocycles. The molecule has 0 saturated carbocycles. The van der Waals surface area contributed by atoms with Crippen molar-refractivity contribution in [3.8, 4) is 0 Å². The Hall–Kier alpha value is -2.43. The summed E-state index contributed by atoms with van der Waals surface area (Å²) in [4.78, 5) is 24.2. The molecule has 1 fully saturated rings. The van der Waals surface area contributed by atoms with Crippen molar-refractivity contribution in [2.45, 2.75) is 18.9 Å². The molecule has 5 nitrogen and oxygen atoms in total. The van der Waals surface area contributed by atoms with E-state index in [0.717, 1.165) is 17.5 Å². The Morgan fingerprint density at radius 2 is 2.24 bits per heavy atom. The minimum absolute atomic E-state index is 0.264. The largest absolute Gasteiger partial charge is 0.465 e. The molecule has 1 aromatic rings. The van der Waals surface area contributed by atoms with Gasteiger partial charge in [-0.3, -0.25) is 9.59 Å². The predicted octanol–water partition coefficient (Wildman–Crippen LogP) is 2.04. The molecule has 3 rings (SSSR count). The molecule has 0 aliphatic carbocycles. The number of hydrogen-bond acceptors (Lipinski definition) is 4. The lowest BCUT2D eigenvalue weighted by atomic mass is 9.85. The number of carbonyl (C=O) groups excluding carboxylic acids is 2. The highest BCUT2D eigenvalue weighted by molar-refractivity contribution is 5.92. The molecule has 1 saturated heterocycles. The maximum Gasteiger partial charge on any atom is 0.311 e. The van der Waals surface area contributed by atoms with E-state index in [-0.39, 0.29) is 17.8 Å². The van der Waals surface area contributed by atoms with Gasteiger partial charge in [-0.15, -0.1) is 0 Å². The molecule has 2 heterocycles. The average molecular weight is 284 g/mol. The summed E-state index contributed by atoms with van der Waals surface area (Å²) in [6, 6.07) is 7.23. The lowest BCUT2D eigenvalue weighted by Gasteiger charge is -2.37. The van der Waals surface area contributed by atoms with Crippen molar-refractivity contribution in [3.05, 3.63) is 48.0 Å². The first kappa shape index (κ1) is 13.5. The normalized spacial score (nSPS) is 24.2. The van der Waals surface area contributed by atoms with Crippen molar-refractivity contribution in [2.24, 2.45) is 11.0 Å². The fourth-order valence-electron chi connectivity index (χ4n) is 2.89. The highest BCUT2D eigenvalue weighted by Crippen LogP contribution is 2.38. The number of nitrogens with zero attached hydrogens (tertiary/aromatic N) is 2. The smallest absolute Gasteiger partial charge is 0.311 e. The number of hydrogen-bond donors (Lipinski definition) is 0. The van der Waals surface area contributed by atoms with E-state index in [1.54, 1.807) is 6.21 Å². The first-order valence-electron chi connectivity index (χ1n) is 6.97. The molecule has 5 heteroatoms. The van der Waals surface area contributed by atoms with Crippen molar-refractivity contribution in [3.63, 3.8) is 0 Å². The Kier molecular flexibility index (Phi) is 3.56. The van der Waals surface area contributed by atoms with Gasteiger partial charge in [0.25, 0.3) is 5.91 Å². The summed E-state index contributed by atoms with van der Waals surface area (Å²) in [5.41, 5.74) is 1.85. The van der Waals surface area contributed by atoms with Gasteiger partial charge in [0, 0.05) is 0 Å². The van der Waals surface area contributed by atoms with Gasteiger partial charge in [-0.2, -0.15) is 5.10 Å². The molecule has 1 unspecified atom stereocenters. The topological polar surface area (TPSA) is 59.0 Å². The zero-order valence-corrected chi connectivity index (χ0v) is 11.6. The summed E-state index contributed by atoms with van der Waals surface area (Å²) in [6.45, 7) is 3.96. The van der Waals surface area contributed by atoms with Gasteiger partial charge in [-0.05, 0) is 30.0 Å². The van der Waals surface area contributed by atoms with Crippen molar-refractivity contribution in [2.75, 3.05) is 6.61 Å². The number of hydrazone groups is 1. The molecular weight excluding hydrogens is 268 g/mol. The molecule has 1 amide bonds. The fraction of sp³-hybridized carbons (Fsp3) is 0.312. The number of ether oxygens (including phenoxy) is 1. The SMILES string of the molecule is C=CC(=O)N1N=Cc2ccccc2C1[C@@H]1CCCOC1=O. The molecule has 1 aromatic carbocycles. The van der Waals surface area contributed by atoms with Gasteiger partial charge in [-0.25, -0.2) is 5.01 Å². The Bertz CT molecular complexity index is 624. The molecule has 108 valence electrons. The number of fused-ring (bicyclic) bond motifs is 1. The van der Waals surface area contributed by atoms with Gasteiger partial charge < -0.3 is 4.74 Å². The van der Waals surface area contributed by atoms with Crippen LogP contribution in [-0.2, 0) is 14.3 Å². The summed E-state index contributed by atoms with van der Waals surface area (Å²) in [5.74, 6) is -0.967. The highest BCUT2D eigenvalue weighted by Gasteiger charge is 2.40. The summed E-state index contributed by atoms with van der Waals surface area (Å²) < 4.78 is 5.17. The van der Waals surface area contributed by atoms with Crippen LogP contribution in [0, 0.1) is 5.92 Å². The molecule has 2 aliphatic rings. The molecule has 0 N–H and O–H groups in total. The number of cyclic esters (lactones) is 1. The van der Waals surface area contributed by atoms with E-state index < -0.39 is 6.04 Å². The first-order valence-corrected chi connectivity index (χ1v) is 6.97. The van der Waals surface area contributed by atoms with E-state index in [0.29, 0.717) is 13.0 Å². The maximum absolute atomic E-state index is 12.1. The standard InChI is InChI=1S/C16H16N2O3/c1-2-14(19)18-15(13-8-5-9-21-16(13)20)12-7-4-3-6-11(12)10-17-18/h2-4,6-7,10,13,15H,1,5,8-9H2/t13-,15?/m0/s1. The lowest BCUT2D eigenvalue weighted by molar-refractivity contribution is -0.157. The van der Waals surface area contributed by atoms with E-state index in [2.05, 4.69) is 11.7 Å². The number of amides is 1. The van der Waals surface area contributed by atoms with E-state index in [1.807, 2.05) is 24.3 Å². The van der Waals surface area contributed by atoms with E-state index in [1.165, 1.54) is 11.1 Å². The van der Waals surface area contributed by atoms with Gasteiger partial charge in [0.2, 0.25) is 0 Å². The molecule has 0 spiro atoms. The van der Waals surface area contributed by atoms with Crippen molar-refractivity contribution in [1.29, 1.82) is 0 Å². The fourth-order valence-corrected chi connectivity index (χ4v) is 2.89. The minimum Gasteiger partial charge on any atom is -0.465 e.